The Hall–Kier alpha value is -2.86. The molecule has 5 heteroatoms. The molecule has 1 atom stereocenters. The molecule has 0 bridgehead atoms. The third kappa shape index (κ3) is 6.06. The number of aliphatic hydroxyl groups excluding tert-OH is 2. The van der Waals surface area contributed by atoms with E-state index in [1.807, 2.05) is 0 Å². The number of anilines is 2. The average Bonchev–Trinajstić information content (AvgIpc) is 2.74. The van der Waals surface area contributed by atoms with Crippen LogP contribution in [-0.2, 0) is 13.0 Å². The Balaban J connectivity index is 1.44. The van der Waals surface area contributed by atoms with Crippen molar-refractivity contribution < 1.29 is 15.3 Å². The summed E-state index contributed by atoms with van der Waals surface area (Å²) in [6.45, 7) is 2.96. The summed E-state index contributed by atoms with van der Waals surface area (Å²) in [5.41, 5.74) is 5.66. The molecule has 3 aromatic rings. The van der Waals surface area contributed by atoms with Crippen LogP contribution in [-0.4, -0.2) is 28.4 Å². The van der Waals surface area contributed by atoms with Gasteiger partial charge in [0, 0.05) is 23.5 Å². The van der Waals surface area contributed by atoms with E-state index >= 15 is 0 Å². The van der Waals surface area contributed by atoms with Crippen molar-refractivity contribution in [3.05, 3.63) is 89.0 Å². The van der Waals surface area contributed by atoms with E-state index in [1.54, 1.807) is 12.1 Å². The summed E-state index contributed by atoms with van der Waals surface area (Å²) in [5, 5.41) is 35.8. The molecule has 3 aromatic carbocycles. The standard InChI is InChI=1S/C24H28N2O3/c1-17-2-7-21(8-3-17)26-22-9-4-18(5-10-22)12-13-25-15-24(29)19-6-11-23(28)20(14-19)16-27/h2-11,14,24-29H,12-13,15-16H2,1H3. The number of aryl methyl sites for hydroxylation is 1. The van der Waals surface area contributed by atoms with Gasteiger partial charge in [0.05, 0.1) is 12.7 Å². The van der Waals surface area contributed by atoms with E-state index in [0.717, 1.165) is 24.3 Å². The number of rotatable bonds is 9. The van der Waals surface area contributed by atoms with E-state index < -0.39 is 6.10 Å². The maximum absolute atomic E-state index is 10.3. The van der Waals surface area contributed by atoms with Gasteiger partial charge in [0.1, 0.15) is 5.75 Å². The molecule has 0 heterocycles. The minimum Gasteiger partial charge on any atom is -0.508 e. The molecule has 0 aliphatic rings. The Morgan fingerprint density at radius 1 is 0.897 bits per heavy atom. The van der Waals surface area contributed by atoms with Gasteiger partial charge < -0.3 is 26.0 Å². The molecule has 29 heavy (non-hydrogen) atoms. The van der Waals surface area contributed by atoms with Crippen molar-refractivity contribution in [3.63, 3.8) is 0 Å². The number of aliphatic hydroxyl groups is 2. The quantitative estimate of drug-likeness (QED) is 0.358. The molecule has 0 fully saturated rings. The second-order valence-electron chi connectivity index (χ2n) is 7.20. The van der Waals surface area contributed by atoms with Crippen molar-refractivity contribution in [1.29, 1.82) is 0 Å². The number of hydrogen-bond acceptors (Lipinski definition) is 5. The predicted molar refractivity (Wildman–Crippen MR) is 116 cm³/mol. The number of hydrogen-bond donors (Lipinski definition) is 5. The van der Waals surface area contributed by atoms with Crippen LogP contribution < -0.4 is 10.6 Å². The lowest BCUT2D eigenvalue weighted by atomic mass is 10.1. The summed E-state index contributed by atoms with van der Waals surface area (Å²) in [6.07, 6.45) is 0.164. The Labute approximate surface area is 171 Å². The van der Waals surface area contributed by atoms with E-state index in [0.29, 0.717) is 17.7 Å². The van der Waals surface area contributed by atoms with Crippen molar-refractivity contribution >= 4 is 11.4 Å². The van der Waals surface area contributed by atoms with Gasteiger partial charge in [-0.05, 0) is 67.4 Å². The van der Waals surface area contributed by atoms with E-state index in [9.17, 15) is 15.3 Å². The molecule has 5 N–H and O–H groups in total. The molecule has 0 saturated heterocycles. The lowest BCUT2D eigenvalue weighted by Gasteiger charge is -2.14. The van der Waals surface area contributed by atoms with Crippen LogP contribution in [0.3, 0.4) is 0 Å². The third-order valence-electron chi connectivity index (χ3n) is 4.88. The molecule has 1 unspecified atom stereocenters. The fourth-order valence-corrected chi connectivity index (χ4v) is 3.09. The fraction of sp³-hybridized carbons (Fsp3) is 0.250. The molecule has 3 rings (SSSR count). The van der Waals surface area contributed by atoms with Crippen molar-refractivity contribution in [2.24, 2.45) is 0 Å². The zero-order valence-corrected chi connectivity index (χ0v) is 16.6. The van der Waals surface area contributed by atoms with Crippen LogP contribution in [0.25, 0.3) is 0 Å². The first-order valence-electron chi connectivity index (χ1n) is 9.79. The Morgan fingerprint density at radius 2 is 1.55 bits per heavy atom. The first kappa shape index (κ1) is 20.9. The maximum Gasteiger partial charge on any atom is 0.121 e. The average molecular weight is 392 g/mol. The fourth-order valence-electron chi connectivity index (χ4n) is 3.09. The lowest BCUT2D eigenvalue weighted by Crippen LogP contribution is -2.23. The van der Waals surface area contributed by atoms with Gasteiger partial charge in [0.2, 0.25) is 0 Å². The van der Waals surface area contributed by atoms with Crippen LogP contribution >= 0.6 is 0 Å². The highest BCUT2D eigenvalue weighted by Crippen LogP contribution is 2.22. The first-order valence-corrected chi connectivity index (χ1v) is 9.79. The van der Waals surface area contributed by atoms with Crippen LogP contribution in [0, 0.1) is 6.92 Å². The molecular weight excluding hydrogens is 364 g/mol. The summed E-state index contributed by atoms with van der Waals surface area (Å²) in [6, 6.07) is 21.4. The Morgan fingerprint density at radius 3 is 2.21 bits per heavy atom. The van der Waals surface area contributed by atoms with E-state index in [1.165, 1.54) is 17.2 Å². The Kier molecular flexibility index (Phi) is 7.25. The molecule has 152 valence electrons. The van der Waals surface area contributed by atoms with E-state index in [2.05, 4.69) is 66.1 Å². The zero-order chi connectivity index (χ0) is 20.6. The Bertz CT molecular complexity index is 908. The highest BCUT2D eigenvalue weighted by molar-refractivity contribution is 5.60. The number of benzene rings is 3. The number of nitrogens with one attached hydrogen (secondary N) is 2. The summed E-state index contributed by atoms with van der Waals surface area (Å²) in [5.74, 6) is 0.0386. The largest absolute Gasteiger partial charge is 0.508 e. The summed E-state index contributed by atoms with van der Waals surface area (Å²) in [7, 11) is 0. The molecule has 0 radical (unpaired) electrons. The molecule has 0 aromatic heterocycles. The molecule has 5 nitrogen and oxygen atoms in total. The SMILES string of the molecule is Cc1ccc(Nc2ccc(CCNCC(O)c3ccc(O)c(CO)c3)cc2)cc1. The molecule has 0 aliphatic heterocycles. The van der Waals surface area contributed by atoms with Crippen LogP contribution in [0.15, 0.2) is 66.7 Å². The second kappa shape index (κ2) is 10.1. The van der Waals surface area contributed by atoms with Crippen LogP contribution in [0.4, 0.5) is 11.4 Å². The highest BCUT2D eigenvalue weighted by atomic mass is 16.3. The number of phenols is 1. The lowest BCUT2D eigenvalue weighted by molar-refractivity contribution is 0.174. The van der Waals surface area contributed by atoms with Crippen LogP contribution in [0.5, 0.6) is 5.75 Å². The summed E-state index contributed by atoms with van der Waals surface area (Å²) in [4.78, 5) is 0. The van der Waals surface area contributed by atoms with Crippen molar-refractivity contribution in [2.45, 2.75) is 26.1 Å². The van der Waals surface area contributed by atoms with Gasteiger partial charge >= 0.3 is 0 Å². The van der Waals surface area contributed by atoms with Gasteiger partial charge in [-0.3, -0.25) is 0 Å². The molecule has 0 amide bonds. The third-order valence-corrected chi connectivity index (χ3v) is 4.88. The van der Waals surface area contributed by atoms with Gasteiger partial charge in [-0.25, -0.2) is 0 Å². The number of aromatic hydroxyl groups is 1. The summed E-state index contributed by atoms with van der Waals surface area (Å²) >= 11 is 0. The van der Waals surface area contributed by atoms with Gasteiger partial charge in [0.15, 0.2) is 0 Å². The molecule has 0 saturated carbocycles. The second-order valence-corrected chi connectivity index (χ2v) is 7.20. The van der Waals surface area contributed by atoms with Gasteiger partial charge in [0.25, 0.3) is 0 Å². The minimum atomic E-state index is -0.693. The minimum absolute atomic E-state index is 0.0386. The first-order chi connectivity index (χ1) is 14.0. The zero-order valence-electron chi connectivity index (χ0n) is 16.6. The molecule has 0 spiro atoms. The van der Waals surface area contributed by atoms with Crippen LogP contribution in [0.1, 0.15) is 28.4 Å². The van der Waals surface area contributed by atoms with Gasteiger partial charge in [-0.1, -0.05) is 35.9 Å². The van der Waals surface area contributed by atoms with Crippen molar-refractivity contribution in [3.8, 4) is 5.75 Å². The van der Waals surface area contributed by atoms with Gasteiger partial charge in [-0.2, -0.15) is 0 Å². The topological polar surface area (TPSA) is 84.8 Å². The van der Waals surface area contributed by atoms with E-state index in [4.69, 9.17) is 0 Å². The normalized spacial score (nSPS) is 12.0. The van der Waals surface area contributed by atoms with Crippen molar-refractivity contribution in [1.82, 2.24) is 5.32 Å². The van der Waals surface area contributed by atoms with Gasteiger partial charge in [-0.15, -0.1) is 0 Å². The smallest absolute Gasteiger partial charge is 0.121 e. The summed E-state index contributed by atoms with van der Waals surface area (Å²) < 4.78 is 0. The monoisotopic (exact) mass is 392 g/mol. The highest BCUT2D eigenvalue weighted by Gasteiger charge is 2.10. The van der Waals surface area contributed by atoms with E-state index in [-0.39, 0.29) is 12.4 Å². The van der Waals surface area contributed by atoms with Crippen LogP contribution in [0.2, 0.25) is 0 Å². The van der Waals surface area contributed by atoms with Crippen molar-refractivity contribution in [2.75, 3.05) is 18.4 Å². The predicted octanol–water partition coefficient (Wildman–Crippen LogP) is 3.80. The maximum atomic E-state index is 10.3. The molecular formula is C24H28N2O3. The molecule has 0 aliphatic carbocycles.